The van der Waals surface area contributed by atoms with Gasteiger partial charge in [0, 0.05) is 24.5 Å². The van der Waals surface area contributed by atoms with Gasteiger partial charge in [0.15, 0.2) is 0 Å². The van der Waals surface area contributed by atoms with Gasteiger partial charge in [0.1, 0.15) is 5.76 Å². The predicted octanol–water partition coefficient (Wildman–Crippen LogP) is 4.48. The monoisotopic (exact) mass is 314 g/mol. The van der Waals surface area contributed by atoms with Crippen LogP contribution < -0.4 is 0 Å². The molecule has 0 bridgehead atoms. The molecule has 2 aromatic rings. The Labute approximate surface area is 138 Å². The van der Waals surface area contributed by atoms with E-state index in [-0.39, 0.29) is 5.91 Å². The van der Waals surface area contributed by atoms with Crippen LogP contribution in [-0.2, 0) is 6.54 Å². The van der Waals surface area contributed by atoms with Crippen molar-refractivity contribution in [2.24, 2.45) is 0 Å². The maximum Gasteiger partial charge on any atom is 0.255 e. The molecule has 2 aromatic heterocycles. The van der Waals surface area contributed by atoms with E-state index < -0.39 is 0 Å². The van der Waals surface area contributed by atoms with E-state index in [2.05, 4.69) is 18.4 Å². The highest BCUT2D eigenvalue weighted by molar-refractivity contribution is 5.95. The SMILES string of the molecule is Cc1cc(C(=O)N(C)Cc2ccco2)c(C)n1C1CCCCC1. The Balaban J connectivity index is 1.80. The molecule has 2 heterocycles. The zero-order valence-corrected chi connectivity index (χ0v) is 14.3. The first-order chi connectivity index (χ1) is 11.1. The van der Waals surface area contributed by atoms with Crippen LogP contribution in [0.2, 0.25) is 0 Å². The zero-order valence-electron chi connectivity index (χ0n) is 14.3. The molecule has 0 aliphatic heterocycles. The lowest BCUT2D eigenvalue weighted by molar-refractivity contribution is 0.0774. The van der Waals surface area contributed by atoms with Crippen molar-refractivity contribution in [2.45, 2.75) is 58.5 Å². The summed E-state index contributed by atoms with van der Waals surface area (Å²) >= 11 is 0. The number of hydrogen-bond donors (Lipinski definition) is 0. The lowest BCUT2D eigenvalue weighted by Gasteiger charge is -2.26. The lowest BCUT2D eigenvalue weighted by atomic mass is 9.95. The summed E-state index contributed by atoms with van der Waals surface area (Å²) in [5, 5.41) is 0. The van der Waals surface area contributed by atoms with Crippen LogP contribution >= 0.6 is 0 Å². The van der Waals surface area contributed by atoms with Gasteiger partial charge in [-0.2, -0.15) is 0 Å². The molecular weight excluding hydrogens is 288 g/mol. The van der Waals surface area contributed by atoms with Gasteiger partial charge in [0.25, 0.3) is 5.91 Å². The van der Waals surface area contributed by atoms with Crippen molar-refractivity contribution in [3.8, 4) is 0 Å². The summed E-state index contributed by atoms with van der Waals surface area (Å²) in [6.45, 7) is 4.69. The summed E-state index contributed by atoms with van der Waals surface area (Å²) < 4.78 is 7.73. The second-order valence-electron chi connectivity index (χ2n) is 6.69. The number of aryl methyl sites for hydroxylation is 1. The van der Waals surface area contributed by atoms with Crippen molar-refractivity contribution in [3.05, 3.63) is 47.2 Å². The first-order valence-electron chi connectivity index (χ1n) is 8.54. The maximum atomic E-state index is 12.8. The molecule has 0 atom stereocenters. The number of amides is 1. The minimum atomic E-state index is 0.0663. The van der Waals surface area contributed by atoms with Crippen molar-refractivity contribution in [1.29, 1.82) is 0 Å². The van der Waals surface area contributed by atoms with E-state index in [0.29, 0.717) is 12.6 Å². The van der Waals surface area contributed by atoms with Crippen LogP contribution in [0, 0.1) is 13.8 Å². The summed E-state index contributed by atoms with van der Waals surface area (Å²) in [7, 11) is 1.83. The van der Waals surface area contributed by atoms with E-state index in [9.17, 15) is 4.79 Å². The van der Waals surface area contributed by atoms with Gasteiger partial charge in [-0.15, -0.1) is 0 Å². The molecule has 0 saturated heterocycles. The van der Waals surface area contributed by atoms with Crippen molar-refractivity contribution in [3.63, 3.8) is 0 Å². The van der Waals surface area contributed by atoms with Crippen LogP contribution in [0.1, 0.15) is 65.7 Å². The molecule has 124 valence electrons. The molecular formula is C19H26N2O2. The molecule has 1 saturated carbocycles. The number of carbonyl (C=O) groups excluding carboxylic acids is 1. The quantitative estimate of drug-likeness (QED) is 0.835. The van der Waals surface area contributed by atoms with Gasteiger partial charge in [-0.05, 0) is 44.9 Å². The van der Waals surface area contributed by atoms with E-state index in [1.165, 1.54) is 37.8 Å². The summed E-state index contributed by atoms with van der Waals surface area (Å²) in [5.41, 5.74) is 3.12. The van der Waals surface area contributed by atoms with Crippen LogP contribution in [0.5, 0.6) is 0 Å². The first-order valence-corrected chi connectivity index (χ1v) is 8.54. The highest BCUT2D eigenvalue weighted by Gasteiger charge is 2.24. The van der Waals surface area contributed by atoms with Gasteiger partial charge < -0.3 is 13.9 Å². The van der Waals surface area contributed by atoms with Crippen LogP contribution in [0.15, 0.2) is 28.9 Å². The summed E-state index contributed by atoms with van der Waals surface area (Å²) in [4.78, 5) is 14.5. The normalized spacial score (nSPS) is 15.8. The maximum absolute atomic E-state index is 12.8. The van der Waals surface area contributed by atoms with Gasteiger partial charge in [-0.25, -0.2) is 0 Å². The fourth-order valence-corrected chi connectivity index (χ4v) is 3.81. The van der Waals surface area contributed by atoms with Crippen LogP contribution in [0.3, 0.4) is 0 Å². The van der Waals surface area contributed by atoms with Crippen molar-refractivity contribution in [2.75, 3.05) is 7.05 Å². The molecule has 0 unspecified atom stereocenters. The van der Waals surface area contributed by atoms with Crippen LogP contribution in [-0.4, -0.2) is 22.4 Å². The fraction of sp³-hybridized carbons (Fsp3) is 0.526. The summed E-state index contributed by atoms with van der Waals surface area (Å²) in [6.07, 6.45) is 8.03. The average Bonchev–Trinajstić information content (AvgIpc) is 3.15. The molecule has 1 amide bonds. The Kier molecular flexibility index (Phi) is 4.60. The van der Waals surface area contributed by atoms with Crippen LogP contribution in [0.25, 0.3) is 0 Å². The molecule has 0 spiro atoms. The molecule has 1 aliphatic carbocycles. The molecule has 0 N–H and O–H groups in total. The number of nitrogens with zero attached hydrogens (tertiary/aromatic N) is 2. The largest absolute Gasteiger partial charge is 0.467 e. The van der Waals surface area contributed by atoms with Gasteiger partial charge in [-0.3, -0.25) is 4.79 Å². The standard InChI is InChI=1S/C19H26N2O2/c1-14-12-18(15(2)21(14)16-8-5-4-6-9-16)19(22)20(3)13-17-10-7-11-23-17/h7,10-12,16H,4-6,8-9,13H2,1-3H3. The Morgan fingerprint density at radius 2 is 2.04 bits per heavy atom. The smallest absolute Gasteiger partial charge is 0.255 e. The minimum absolute atomic E-state index is 0.0663. The average molecular weight is 314 g/mol. The van der Waals surface area contributed by atoms with Gasteiger partial charge in [0.05, 0.1) is 18.4 Å². The van der Waals surface area contributed by atoms with Gasteiger partial charge in [0.2, 0.25) is 0 Å². The van der Waals surface area contributed by atoms with Crippen molar-refractivity contribution < 1.29 is 9.21 Å². The number of aromatic nitrogens is 1. The third-order valence-corrected chi connectivity index (χ3v) is 4.97. The molecule has 3 rings (SSSR count). The first kappa shape index (κ1) is 15.9. The Morgan fingerprint density at radius 3 is 2.70 bits per heavy atom. The Morgan fingerprint density at radius 1 is 1.30 bits per heavy atom. The Bertz CT molecular complexity index is 664. The molecule has 1 fully saturated rings. The van der Waals surface area contributed by atoms with E-state index in [4.69, 9.17) is 4.42 Å². The third kappa shape index (κ3) is 3.21. The second kappa shape index (κ2) is 6.65. The van der Waals surface area contributed by atoms with Crippen molar-refractivity contribution >= 4 is 5.91 Å². The summed E-state index contributed by atoms with van der Waals surface area (Å²) in [5.74, 6) is 0.874. The highest BCUT2D eigenvalue weighted by Crippen LogP contribution is 2.32. The lowest BCUT2D eigenvalue weighted by Crippen LogP contribution is -2.26. The Hall–Kier alpha value is -1.97. The number of carbonyl (C=O) groups is 1. The van der Waals surface area contributed by atoms with Gasteiger partial charge >= 0.3 is 0 Å². The van der Waals surface area contributed by atoms with E-state index >= 15 is 0 Å². The predicted molar refractivity (Wildman–Crippen MR) is 90.5 cm³/mol. The number of rotatable bonds is 4. The second-order valence-corrected chi connectivity index (χ2v) is 6.69. The molecule has 4 nitrogen and oxygen atoms in total. The summed E-state index contributed by atoms with van der Waals surface area (Å²) in [6, 6.07) is 6.35. The van der Waals surface area contributed by atoms with Crippen LogP contribution in [0.4, 0.5) is 0 Å². The fourth-order valence-electron chi connectivity index (χ4n) is 3.81. The number of hydrogen-bond acceptors (Lipinski definition) is 2. The molecule has 0 radical (unpaired) electrons. The molecule has 1 aliphatic rings. The third-order valence-electron chi connectivity index (χ3n) is 4.97. The van der Waals surface area contributed by atoms with Gasteiger partial charge in [-0.1, -0.05) is 19.3 Å². The van der Waals surface area contributed by atoms with E-state index in [1.54, 1.807) is 11.2 Å². The number of furan rings is 1. The molecule has 23 heavy (non-hydrogen) atoms. The highest BCUT2D eigenvalue weighted by atomic mass is 16.3. The van der Waals surface area contributed by atoms with Crippen molar-refractivity contribution in [1.82, 2.24) is 9.47 Å². The molecule has 4 heteroatoms. The van der Waals surface area contributed by atoms with E-state index in [0.717, 1.165) is 17.0 Å². The zero-order chi connectivity index (χ0) is 16.4. The molecule has 0 aromatic carbocycles. The van der Waals surface area contributed by atoms with E-state index in [1.807, 2.05) is 25.2 Å². The topological polar surface area (TPSA) is 38.4 Å². The minimum Gasteiger partial charge on any atom is -0.467 e.